The Labute approximate surface area is 129 Å². The fraction of sp³-hybridized carbons (Fsp3) is 0.750. The van der Waals surface area contributed by atoms with Crippen molar-refractivity contribution in [1.29, 1.82) is 0 Å². The summed E-state index contributed by atoms with van der Waals surface area (Å²) < 4.78 is 0. The third kappa shape index (κ3) is 6.84. The van der Waals surface area contributed by atoms with E-state index in [1.54, 1.807) is 0 Å². The van der Waals surface area contributed by atoms with Gasteiger partial charge in [-0.15, -0.1) is 11.3 Å². The molecule has 1 aromatic rings. The fourth-order valence-corrected chi connectivity index (χ4v) is 3.17. The smallest absolute Gasteiger partial charge is 0.0302 e. The molecule has 1 rings (SSSR count). The Kier molecular flexibility index (Phi) is 7.74. The van der Waals surface area contributed by atoms with E-state index in [2.05, 4.69) is 63.1 Å². The first kappa shape index (κ1) is 17.6. The highest BCUT2D eigenvalue weighted by Crippen LogP contribution is 2.22. The maximum absolute atomic E-state index is 3.49. The largest absolute Gasteiger partial charge is 0.310 e. The van der Waals surface area contributed by atoms with Gasteiger partial charge < -0.3 is 15.1 Å². The van der Waals surface area contributed by atoms with Crippen LogP contribution in [0.25, 0.3) is 0 Å². The van der Waals surface area contributed by atoms with Crippen LogP contribution in [0.15, 0.2) is 6.07 Å². The van der Waals surface area contributed by atoms with E-state index >= 15 is 0 Å². The van der Waals surface area contributed by atoms with Crippen LogP contribution in [0.4, 0.5) is 0 Å². The van der Waals surface area contributed by atoms with Crippen LogP contribution in [0.2, 0.25) is 0 Å². The third-order valence-corrected chi connectivity index (χ3v) is 4.43. The Hall–Kier alpha value is -0.420. The monoisotopic (exact) mass is 297 g/mol. The maximum Gasteiger partial charge on any atom is 0.0302 e. The summed E-state index contributed by atoms with van der Waals surface area (Å²) in [6, 6.07) is 2.92. The molecule has 0 atom stereocenters. The molecule has 0 aliphatic rings. The van der Waals surface area contributed by atoms with E-state index in [4.69, 9.17) is 0 Å². The van der Waals surface area contributed by atoms with Gasteiger partial charge >= 0.3 is 0 Å². The number of rotatable bonds is 9. The van der Waals surface area contributed by atoms with Crippen LogP contribution in [0.1, 0.15) is 35.6 Å². The van der Waals surface area contributed by atoms with Crippen molar-refractivity contribution in [1.82, 2.24) is 15.1 Å². The van der Waals surface area contributed by atoms with Crippen LogP contribution in [-0.4, -0.2) is 50.1 Å². The quantitative estimate of drug-likeness (QED) is 0.756. The second-order valence-corrected chi connectivity index (χ2v) is 7.57. The first-order chi connectivity index (χ1) is 9.38. The Morgan fingerprint density at radius 2 is 1.90 bits per heavy atom. The lowest BCUT2D eigenvalue weighted by Crippen LogP contribution is -2.23. The van der Waals surface area contributed by atoms with Crippen LogP contribution in [0.5, 0.6) is 0 Å². The number of nitrogens with zero attached hydrogens (tertiary/aromatic N) is 2. The summed E-state index contributed by atoms with van der Waals surface area (Å²) in [7, 11) is 6.49. The number of aryl methyl sites for hydroxylation is 1. The molecule has 1 N–H and O–H groups in total. The molecule has 0 aromatic carbocycles. The van der Waals surface area contributed by atoms with E-state index in [9.17, 15) is 0 Å². The Morgan fingerprint density at radius 3 is 2.50 bits per heavy atom. The molecule has 20 heavy (non-hydrogen) atoms. The summed E-state index contributed by atoms with van der Waals surface area (Å²) in [4.78, 5) is 7.59. The van der Waals surface area contributed by atoms with Gasteiger partial charge in [0.25, 0.3) is 0 Å². The van der Waals surface area contributed by atoms with E-state index in [0.29, 0.717) is 6.04 Å². The van der Waals surface area contributed by atoms with Crippen molar-refractivity contribution in [3.05, 3.63) is 21.4 Å². The normalized spacial score (nSPS) is 12.1. The lowest BCUT2D eigenvalue weighted by atomic mass is 10.2. The first-order valence-electron chi connectivity index (χ1n) is 7.53. The van der Waals surface area contributed by atoms with E-state index in [1.807, 2.05) is 11.3 Å². The molecule has 0 fully saturated rings. The van der Waals surface area contributed by atoms with Crippen molar-refractivity contribution >= 4 is 11.3 Å². The Bertz CT molecular complexity index is 385. The van der Waals surface area contributed by atoms with Gasteiger partial charge in [0.05, 0.1) is 0 Å². The number of hydrogen-bond donors (Lipinski definition) is 1. The van der Waals surface area contributed by atoms with Gasteiger partial charge in [-0.25, -0.2) is 0 Å². The molecule has 0 aliphatic heterocycles. The van der Waals surface area contributed by atoms with Gasteiger partial charge in [-0.3, -0.25) is 0 Å². The predicted molar refractivity (Wildman–Crippen MR) is 90.5 cm³/mol. The van der Waals surface area contributed by atoms with Gasteiger partial charge in [0.15, 0.2) is 0 Å². The lowest BCUT2D eigenvalue weighted by molar-refractivity contribution is 0.294. The van der Waals surface area contributed by atoms with E-state index in [0.717, 1.165) is 26.2 Å². The Balaban J connectivity index is 2.42. The highest BCUT2D eigenvalue weighted by atomic mass is 32.1. The summed E-state index contributed by atoms with van der Waals surface area (Å²) in [6.45, 7) is 11.0. The molecule has 116 valence electrons. The van der Waals surface area contributed by atoms with Gasteiger partial charge in [-0.2, -0.15) is 0 Å². The molecule has 0 saturated heterocycles. The standard InChI is InChI=1S/C16H31N3S/c1-13(2)17-11-16-10-15(14(3)20-16)12-19(6)9-7-8-18(4)5/h10,13,17H,7-9,11-12H2,1-6H3. The van der Waals surface area contributed by atoms with Crippen molar-refractivity contribution in [3.8, 4) is 0 Å². The van der Waals surface area contributed by atoms with Crippen LogP contribution in [-0.2, 0) is 13.1 Å². The van der Waals surface area contributed by atoms with Crippen LogP contribution in [0.3, 0.4) is 0 Å². The molecule has 0 unspecified atom stereocenters. The van der Waals surface area contributed by atoms with Gasteiger partial charge in [0.2, 0.25) is 0 Å². The molecule has 1 aromatic heterocycles. The molecule has 0 aliphatic carbocycles. The second-order valence-electron chi connectivity index (χ2n) is 6.22. The molecule has 3 nitrogen and oxygen atoms in total. The van der Waals surface area contributed by atoms with Crippen molar-refractivity contribution in [2.45, 2.75) is 46.3 Å². The zero-order valence-electron chi connectivity index (χ0n) is 14.0. The summed E-state index contributed by atoms with van der Waals surface area (Å²) in [5.41, 5.74) is 1.49. The molecule has 0 amide bonds. The average Bonchev–Trinajstić information content (AvgIpc) is 2.67. The van der Waals surface area contributed by atoms with E-state index in [1.165, 1.54) is 21.7 Å². The predicted octanol–water partition coefficient (Wildman–Crippen LogP) is 2.94. The van der Waals surface area contributed by atoms with Gasteiger partial charge in [-0.1, -0.05) is 13.8 Å². The molecule has 0 radical (unpaired) electrons. The highest BCUT2D eigenvalue weighted by Gasteiger charge is 2.08. The zero-order chi connectivity index (χ0) is 15.1. The van der Waals surface area contributed by atoms with Crippen molar-refractivity contribution < 1.29 is 0 Å². The average molecular weight is 298 g/mol. The minimum atomic E-state index is 0.551. The van der Waals surface area contributed by atoms with Crippen molar-refractivity contribution in [2.75, 3.05) is 34.2 Å². The number of nitrogens with one attached hydrogen (secondary N) is 1. The summed E-state index contributed by atoms with van der Waals surface area (Å²) >= 11 is 1.93. The second kappa shape index (κ2) is 8.78. The SMILES string of the molecule is Cc1sc(CNC(C)C)cc1CN(C)CCCN(C)C. The molecule has 0 spiro atoms. The highest BCUT2D eigenvalue weighted by molar-refractivity contribution is 7.12. The van der Waals surface area contributed by atoms with Gasteiger partial charge in [0.1, 0.15) is 0 Å². The molecule has 0 bridgehead atoms. The fourth-order valence-electron chi connectivity index (χ4n) is 2.16. The topological polar surface area (TPSA) is 18.5 Å². The molecular formula is C16H31N3S. The van der Waals surface area contributed by atoms with E-state index < -0.39 is 0 Å². The molecule has 1 heterocycles. The van der Waals surface area contributed by atoms with Crippen molar-refractivity contribution in [3.63, 3.8) is 0 Å². The minimum absolute atomic E-state index is 0.551. The summed E-state index contributed by atoms with van der Waals surface area (Å²) in [5.74, 6) is 0. The molecule has 0 saturated carbocycles. The van der Waals surface area contributed by atoms with E-state index in [-0.39, 0.29) is 0 Å². The summed E-state index contributed by atoms with van der Waals surface area (Å²) in [6.07, 6.45) is 1.23. The third-order valence-electron chi connectivity index (χ3n) is 3.34. The molecular weight excluding hydrogens is 266 g/mol. The van der Waals surface area contributed by atoms with Gasteiger partial charge in [-0.05, 0) is 59.2 Å². The molecule has 4 heteroatoms. The first-order valence-corrected chi connectivity index (χ1v) is 8.35. The Morgan fingerprint density at radius 1 is 1.20 bits per heavy atom. The van der Waals surface area contributed by atoms with Crippen LogP contribution in [0, 0.1) is 6.92 Å². The maximum atomic E-state index is 3.49. The van der Waals surface area contributed by atoms with Crippen molar-refractivity contribution in [2.24, 2.45) is 0 Å². The van der Waals surface area contributed by atoms with Crippen LogP contribution >= 0.6 is 11.3 Å². The zero-order valence-corrected chi connectivity index (χ0v) is 14.8. The summed E-state index contributed by atoms with van der Waals surface area (Å²) in [5, 5.41) is 3.49. The number of hydrogen-bond acceptors (Lipinski definition) is 4. The lowest BCUT2D eigenvalue weighted by Gasteiger charge is -2.18. The van der Waals surface area contributed by atoms with Gasteiger partial charge in [0, 0.05) is 28.9 Å². The van der Waals surface area contributed by atoms with Crippen LogP contribution < -0.4 is 5.32 Å². The minimum Gasteiger partial charge on any atom is -0.310 e. The number of thiophene rings is 1.